The molecule has 1 unspecified atom stereocenters. The highest BCUT2D eigenvalue weighted by Crippen LogP contribution is 2.53. The van der Waals surface area contributed by atoms with E-state index in [4.69, 9.17) is 0 Å². The van der Waals surface area contributed by atoms with Crippen LogP contribution in [0.4, 0.5) is 10.5 Å². The Morgan fingerprint density at radius 2 is 1.82 bits per heavy atom. The second kappa shape index (κ2) is 8.11. The minimum absolute atomic E-state index is 0.0643. The second-order valence-corrected chi connectivity index (χ2v) is 10.0. The molecular formula is C24H28N4O6. The number of imide groups is 2. The van der Waals surface area contributed by atoms with Crippen molar-refractivity contribution < 1.29 is 29.1 Å². The van der Waals surface area contributed by atoms with Crippen molar-refractivity contribution in [2.45, 2.75) is 69.5 Å². The highest BCUT2D eigenvalue weighted by atomic mass is 16.4. The molecule has 1 aromatic rings. The van der Waals surface area contributed by atoms with Gasteiger partial charge in [-0.3, -0.25) is 29.4 Å². The van der Waals surface area contributed by atoms with Crippen molar-refractivity contribution in [3.05, 3.63) is 29.3 Å². The van der Waals surface area contributed by atoms with Crippen LogP contribution >= 0.6 is 0 Å². The van der Waals surface area contributed by atoms with Gasteiger partial charge < -0.3 is 15.3 Å². The van der Waals surface area contributed by atoms with E-state index in [9.17, 15) is 29.1 Å². The van der Waals surface area contributed by atoms with E-state index >= 15 is 0 Å². The van der Waals surface area contributed by atoms with E-state index in [1.807, 2.05) is 0 Å². The van der Waals surface area contributed by atoms with Crippen LogP contribution in [-0.4, -0.2) is 69.8 Å². The number of amides is 5. The monoisotopic (exact) mass is 468 g/mol. The lowest BCUT2D eigenvalue weighted by molar-refractivity contribution is -0.136. The molecule has 0 aromatic heterocycles. The zero-order chi connectivity index (χ0) is 24.2. The van der Waals surface area contributed by atoms with Gasteiger partial charge in [0.2, 0.25) is 11.8 Å². The molecule has 34 heavy (non-hydrogen) atoms. The summed E-state index contributed by atoms with van der Waals surface area (Å²) in [5.74, 6) is -2.04. The number of anilines is 1. The zero-order valence-electron chi connectivity index (χ0n) is 19.0. The van der Waals surface area contributed by atoms with E-state index in [2.05, 4.69) is 10.6 Å². The highest BCUT2D eigenvalue weighted by molar-refractivity contribution is 6.25. The van der Waals surface area contributed by atoms with Crippen molar-refractivity contribution in [2.75, 3.05) is 12.4 Å². The molecule has 2 saturated carbocycles. The third-order valence-corrected chi connectivity index (χ3v) is 8.05. The van der Waals surface area contributed by atoms with E-state index < -0.39 is 35.8 Å². The van der Waals surface area contributed by atoms with Crippen LogP contribution in [0.15, 0.2) is 18.2 Å². The highest BCUT2D eigenvalue weighted by Gasteiger charge is 2.49. The maximum atomic E-state index is 13.2. The van der Waals surface area contributed by atoms with Crippen molar-refractivity contribution in [1.29, 1.82) is 0 Å². The molecule has 3 N–H and O–H groups in total. The number of benzene rings is 1. The average molecular weight is 469 g/mol. The second-order valence-electron chi connectivity index (χ2n) is 10.0. The summed E-state index contributed by atoms with van der Waals surface area (Å²) in [6.07, 6.45) is 4.83. The summed E-state index contributed by atoms with van der Waals surface area (Å²) >= 11 is 0. The Bertz CT molecular complexity index is 1080. The number of nitrogens with one attached hydrogen (secondary N) is 2. The van der Waals surface area contributed by atoms with Crippen LogP contribution in [0, 0.1) is 5.41 Å². The summed E-state index contributed by atoms with van der Waals surface area (Å²) in [5.41, 5.74) is 1.34. The lowest BCUT2D eigenvalue weighted by Crippen LogP contribution is -2.54. The summed E-state index contributed by atoms with van der Waals surface area (Å²) in [4.78, 5) is 63.6. The maximum absolute atomic E-state index is 13.2. The first-order chi connectivity index (χ1) is 16.2. The van der Waals surface area contributed by atoms with E-state index in [1.54, 1.807) is 25.2 Å². The van der Waals surface area contributed by atoms with Gasteiger partial charge in [0.25, 0.3) is 11.8 Å². The molecule has 3 fully saturated rings. The molecule has 2 aliphatic carbocycles. The number of piperidine rings is 1. The molecule has 1 atom stereocenters. The molecule has 0 bridgehead atoms. The Hall–Kier alpha value is -3.43. The SMILES string of the molecule is CN(C(=O)O)C1CCC2(CC1)CC(Nc1cccc3c1C(=O)N(C1CCC(=O)NC1=O)C3=O)C2. The van der Waals surface area contributed by atoms with Crippen molar-refractivity contribution >= 4 is 35.4 Å². The molecule has 180 valence electrons. The molecule has 5 amide bonds. The normalized spacial score (nSPS) is 30.6. The van der Waals surface area contributed by atoms with E-state index in [0.717, 1.165) is 43.4 Å². The first kappa shape index (κ1) is 22.4. The van der Waals surface area contributed by atoms with Gasteiger partial charge in [-0.05, 0) is 62.5 Å². The van der Waals surface area contributed by atoms with Gasteiger partial charge in [0.1, 0.15) is 6.04 Å². The minimum atomic E-state index is -0.982. The fourth-order valence-corrected chi connectivity index (χ4v) is 6.11. The van der Waals surface area contributed by atoms with Crippen molar-refractivity contribution in [3.63, 3.8) is 0 Å². The van der Waals surface area contributed by atoms with E-state index in [0.29, 0.717) is 5.69 Å². The molecule has 1 spiro atoms. The Balaban J connectivity index is 1.25. The van der Waals surface area contributed by atoms with Crippen LogP contribution in [0.25, 0.3) is 0 Å². The van der Waals surface area contributed by atoms with Gasteiger partial charge in [0, 0.05) is 31.2 Å². The topological polar surface area (TPSA) is 136 Å². The van der Waals surface area contributed by atoms with E-state index in [-0.39, 0.29) is 41.5 Å². The number of hydrogen-bond acceptors (Lipinski definition) is 6. The fourth-order valence-electron chi connectivity index (χ4n) is 6.11. The summed E-state index contributed by atoms with van der Waals surface area (Å²) < 4.78 is 0. The minimum Gasteiger partial charge on any atom is -0.465 e. The number of fused-ring (bicyclic) bond motifs is 1. The first-order valence-electron chi connectivity index (χ1n) is 11.8. The average Bonchev–Trinajstić information content (AvgIpc) is 3.04. The Kier molecular flexibility index (Phi) is 5.33. The first-order valence-corrected chi connectivity index (χ1v) is 11.8. The van der Waals surface area contributed by atoms with Gasteiger partial charge in [-0.15, -0.1) is 0 Å². The maximum Gasteiger partial charge on any atom is 0.407 e. The summed E-state index contributed by atoms with van der Waals surface area (Å²) in [6, 6.07) is 4.34. The lowest BCUT2D eigenvalue weighted by atomic mass is 9.57. The Morgan fingerprint density at radius 3 is 2.47 bits per heavy atom. The Labute approximate surface area is 196 Å². The van der Waals surface area contributed by atoms with Crippen molar-refractivity contribution in [1.82, 2.24) is 15.1 Å². The van der Waals surface area contributed by atoms with Gasteiger partial charge in [-0.25, -0.2) is 4.79 Å². The molecule has 10 nitrogen and oxygen atoms in total. The van der Waals surface area contributed by atoms with Crippen molar-refractivity contribution in [2.24, 2.45) is 5.41 Å². The standard InChI is InChI=1S/C24H28N4O6/c1-27(23(33)34)14-7-9-24(10-8-14)11-13(12-24)25-16-4-2-3-15-19(16)22(32)28(21(15)31)17-5-6-18(29)26-20(17)30/h2-4,13-14,17,25H,5-12H2,1H3,(H,33,34)(H,26,29,30). The third-order valence-electron chi connectivity index (χ3n) is 8.05. The van der Waals surface area contributed by atoms with Gasteiger partial charge in [0.15, 0.2) is 0 Å². The van der Waals surface area contributed by atoms with Crippen LogP contribution < -0.4 is 10.6 Å². The molecule has 0 radical (unpaired) electrons. The smallest absolute Gasteiger partial charge is 0.407 e. The molecule has 1 saturated heterocycles. The van der Waals surface area contributed by atoms with Gasteiger partial charge in [0.05, 0.1) is 11.1 Å². The molecule has 2 aliphatic heterocycles. The number of carbonyl (C=O) groups excluding carboxylic acids is 4. The lowest BCUT2D eigenvalue weighted by Gasteiger charge is -2.52. The predicted molar refractivity (Wildman–Crippen MR) is 120 cm³/mol. The quantitative estimate of drug-likeness (QED) is 0.576. The summed E-state index contributed by atoms with van der Waals surface area (Å²) in [6.45, 7) is 0. The van der Waals surface area contributed by atoms with Crippen LogP contribution in [0.2, 0.25) is 0 Å². The number of hydrogen-bond donors (Lipinski definition) is 3. The largest absolute Gasteiger partial charge is 0.465 e. The number of carboxylic acid groups (broad SMARTS) is 1. The summed E-state index contributed by atoms with van der Waals surface area (Å²) in [5, 5.41) is 14.9. The van der Waals surface area contributed by atoms with Crippen LogP contribution in [0.1, 0.15) is 72.1 Å². The molecule has 5 rings (SSSR count). The zero-order valence-corrected chi connectivity index (χ0v) is 19.0. The van der Waals surface area contributed by atoms with Gasteiger partial charge in [-0.1, -0.05) is 6.07 Å². The fraction of sp³-hybridized carbons (Fsp3) is 0.542. The number of carbonyl (C=O) groups is 5. The van der Waals surface area contributed by atoms with Gasteiger partial charge >= 0.3 is 6.09 Å². The van der Waals surface area contributed by atoms with E-state index in [1.165, 1.54) is 4.90 Å². The summed E-state index contributed by atoms with van der Waals surface area (Å²) in [7, 11) is 1.63. The Morgan fingerprint density at radius 1 is 1.12 bits per heavy atom. The molecular weight excluding hydrogens is 440 g/mol. The van der Waals surface area contributed by atoms with Crippen LogP contribution in [0.3, 0.4) is 0 Å². The van der Waals surface area contributed by atoms with Crippen LogP contribution in [0.5, 0.6) is 0 Å². The third kappa shape index (κ3) is 3.61. The van der Waals surface area contributed by atoms with Crippen molar-refractivity contribution in [3.8, 4) is 0 Å². The molecule has 2 heterocycles. The molecule has 10 heteroatoms. The number of rotatable bonds is 4. The number of nitrogens with zero attached hydrogens (tertiary/aromatic N) is 2. The predicted octanol–water partition coefficient (Wildman–Crippen LogP) is 2.20. The van der Waals surface area contributed by atoms with Gasteiger partial charge in [-0.2, -0.15) is 0 Å². The molecule has 4 aliphatic rings. The van der Waals surface area contributed by atoms with Crippen LogP contribution in [-0.2, 0) is 9.59 Å². The molecule has 1 aromatic carbocycles.